The van der Waals surface area contributed by atoms with Crippen LogP contribution in [0, 0.1) is 0 Å². The van der Waals surface area contributed by atoms with Gasteiger partial charge in [-0.15, -0.1) is 0 Å². The average molecular weight is 206 g/mol. The number of nitrogens with zero attached hydrogens (tertiary/aromatic N) is 1. The van der Waals surface area contributed by atoms with Crippen LogP contribution in [-0.4, -0.2) is 26.7 Å². The van der Waals surface area contributed by atoms with Crippen molar-refractivity contribution in [2.24, 2.45) is 5.73 Å². The van der Waals surface area contributed by atoms with Gasteiger partial charge in [0.2, 0.25) is 0 Å². The lowest BCUT2D eigenvalue weighted by Gasteiger charge is -2.36. The molecule has 1 heterocycles. The van der Waals surface area contributed by atoms with Gasteiger partial charge in [0.05, 0.1) is 12.8 Å². The third kappa shape index (κ3) is 1.67. The molecule has 0 fully saturated rings. The van der Waals surface area contributed by atoms with Crippen molar-refractivity contribution in [3.05, 3.63) is 23.8 Å². The van der Waals surface area contributed by atoms with Crippen LogP contribution in [0.5, 0.6) is 5.75 Å². The Hall–Kier alpha value is -1.22. The minimum absolute atomic E-state index is 0.439. The second kappa shape index (κ2) is 4.11. The standard InChI is InChI=1S/C12H18N2O/c1-14-10(8-13)7-6-9-4-3-5-11(15-2)12(9)14/h3-5,10H,6-8,13H2,1-2H3. The highest BCUT2D eigenvalue weighted by molar-refractivity contribution is 5.65. The summed E-state index contributed by atoms with van der Waals surface area (Å²) in [6.07, 6.45) is 2.23. The van der Waals surface area contributed by atoms with Crippen LogP contribution in [-0.2, 0) is 6.42 Å². The van der Waals surface area contributed by atoms with Crippen LogP contribution in [0.4, 0.5) is 5.69 Å². The summed E-state index contributed by atoms with van der Waals surface area (Å²) < 4.78 is 5.39. The highest BCUT2D eigenvalue weighted by Crippen LogP contribution is 2.37. The first-order valence-electron chi connectivity index (χ1n) is 5.36. The number of ether oxygens (including phenoxy) is 1. The summed E-state index contributed by atoms with van der Waals surface area (Å²) in [5.41, 5.74) is 8.33. The minimum atomic E-state index is 0.439. The summed E-state index contributed by atoms with van der Waals surface area (Å²) in [5, 5.41) is 0. The third-order valence-corrected chi connectivity index (χ3v) is 3.22. The van der Waals surface area contributed by atoms with Crippen LogP contribution in [0.2, 0.25) is 0 Å². The van der Waals surface area contributed by atoms with E-state index >= 15 is 0 Å². The van der Waals surface area contributed by atoms with E-state index in [2.05, 4.69) is 18.0 Å². The minimum Gasteiger partial charge on any atom is -0.495 e. The number of hydrogen-bond donors (Lipinski definition) is 1. The zero-order valence-corrected chi connectivity index (χ0v) is 9.36. The van der Waals surface area contributed by atoms with Gasteiger partial charge in [0.25, 0.3) is 0 Å². The fourth-order valence-corrected chi connectivity index (χ4v) is 2.31. The Morgan fingerprint density at radius 3 is 3.00 bits per heavy atom. The second-order valence-electron chi connectivity index (χ2n) is 4.01. The highest BCUT2D eigenvalue weighted by atomic mass is 16.5. The molecule has 0 saturated heterocycles. The molecule has 1 atom stereocenters. The molecule has 0 spiro atoms. The number of fused-ring (bicyclic) bond motifs is 1. The van der Waals surface area contributed by atoms with Gasteiger partial charge >= 0.3 is 0 Å². The molecule has 2 rings (SSSR count). The molecule has 0 saturated carbocycles. The maximum Gasteiger partial charge on any atom is 0.142 e. The van der Waals surface area contributed by atoms with Gasteiger partial charge in [-0.25, -0.2) is 0 Å². The first-order chi connectivity index (χ1) is 7.27. The number of likely N-dealkylation sites (N-methyl/N-ethyl adjacent to an activating group) is 1. The Balaban J connectivity index is 2.43. The lowest BCUT2D eigenvalue weighted by atomic mass is 9.96. The fourth-order valence-electron chi connectivity index (χ4n) is 2.31. The summed E-state index contributed by atoms with van der Waals surface area (Å²) >= 11 is 0. The topological polar surface area (TPSA) is 38.5 Å². The molecule has 0 aliphatic carbocycles. The maximum atomic E-state index is 5.76. The molecule has 0 aromatic heterocycles. The van der Waals surface area contributed by atoms with E-state index in [0.29, 0.717) is 12.6 Å². The summed E-state index contributed by atoms with van der Waals surface area (Å²) in [4.78, 5) is 2.25. The van der Waals surface area contributed by atoms with Crippen molar-refractivity contribution in [2.45, 2.75) is 18.9 Å². The van der Waals surface area contributed by atoms with Gasteiger partial charge in [-0.05, 0) is 24.5 Å². The molecule has 0 radical (unpaired) electrons. The largest absolute Gasteiger partial charge is 0.495 e. The second-order valence-corrected chi connectivity index (χ2v) is 4.01. The molecule has 3 nitrogen and oxygen atoms in total. The number of benzene rings is 1. The van der Waals surface area contributed by atoms with E-state index in [1.807, 2.05) is 12.1 Å². The van der Waals surface area contributed by atoms with Gasteiger partial charge in [0.1, 0.15) is 5.75 Å². The third-order valence-electron chi connectivity index (χ3n) is 3.22. The molecule has 1 unspecified atom stereocenters. The van der Waals surface area contributed by atoms with E-state index in [0.717, 1.165) is 18.6 Å². The van der Waals surface area contributed by atoms with E-state index in [1.165, 1.54) is 11.3 Å². The number of methoxy groups -OCH3 is 1. The number of para-hydroxylation sites is 1. The quantitative estimate of drug-likeness (QED) is 0.795. The van der Waals surface area contributed by atoms with E-state index in [9.17, 15) is 0 Å². The molecule has 1 aromatic rings. The Morgan fingerprint density at radius 1 is 1.53 bits per heavy atom. The predicted octanol–water partition coefficient (Wildman–Crippen LogP) is 1.40. The van der Waals surface area contributed by atoms with Crippen molar-refractivity contribution in [1.29, 1.82) is 0 Å². The van der Waals surface area contributed by atoms with Crippen molar-refractivity contribution >= 4 is 5.69 Å². The highest BCUT2D eigenvalue weighted by Gasteiger charge is 2.24. The van der Waals surface area contributed by atoms with Gasteiger partial charge in [0, 0.05) is 19.6 Å². The van der Waals surface area contributed by atoms with Gasteiger partial charge in [-0.2, -0.15) is 0 Å². The monoisotopic (exact) mass is 206 g/mol. The average Bonchev–Trinajstić information content (AvgIpc) is 2.29. The van der Waals surface area contributed by atoms with Crippen LogP contribution in [0.15, 0.2) is 18.2 Å². The normalized spacial score (nSPS) is 19.9. The molecule has 3 heteroatoms. The Bertz CT molecular complexity index is 337. The lowest BCUT2D eigenvalue weighted by molar-refractivity contribution is 0.410. The number of nitrogens with two attached hydrogens (primary N) is 1. The van der Waals surface area contributed by atoms with E-state index in [4.69, 9.17) is 10.5 Å². The smallest absolute Gasteiger partial charge is 0.142 e. The molecule has 1 aliphatic heterocycles. The van der Waals surface area contributed by atoms with Crippen LogP contribution in [0.1, 0.15) is 12.0 Å². The Labute approximate surface area is 90.8 Å². The zero-order chi connectivity index (χ0) is 10.8. The Kier molecular flexibility index (Phi) is 2.82. The molecule has 1 aromatic carbocycles. The number of rotatable bonds is 2. The van der Waals surface area contributed by atoms with Crippen LogP contribution >= 0.6 is 0 Å². The van der Waals surface area contributed by atoms with Gasteiger partial charge in [0.15, 0.2) is 0 Å². The summed E-state index contributed by atoms with van der Waals surface area (Å²) in [5.74, 6) is 0.952. The van der Waals surface area contributed by atoms with Crippen LogP contribution < -0.4 is 15.4 Å². The fraction of sp³-hybridized carbons (Fsp3) is 0.500. The SMILES string of the molecule is COc1cccc2c1N(C)C(CN)CC2. The van der Waals surface area contributed by atoms with Crippen LogP contribution in [0.3, 0.4) is 0 Å². The molecular formula is C12H18N2O. The van der Waals surface area contributed by atoms with E-state index in [1.54, 1.807) is 7.11 Å². The van der Waals surface area contributed by atoms with Gasteiger partial charge in [-0.1, -0.05) is 12.1 Å². The number of anilines is 1. The van der Waals surface area contributed by atoms with Gasteiger partial charge < -0.3 is 15.4 Å². The molecular weight excluding hydrogens is 188 g/mol. The molecule has 2 N–H and O–H groups in total. The predicted molar refractivity (Wildman–Crippen MR) is 62.6 cm³/mol. The van der Waals surface area contributed by atoms with Crippen molar-refractivity contribution in [3.63, 3.8) is 0 Å². The van der Waals surface area contributed by atoms with E-state index in [-0.39, 0.29) is 0 Å². The number of hydrogen-bond acceptors (Lipinski definition) is 3. The summed E-state index contributed by atoms with van der Waals surface area (Å²) in [6, 6.07) is 6.66. The number of aryl methyl sites for hydroxylation is 1. The van der Waals surface area contributed by atoms with Crippen molar-refractivity contribution in [3.8, 4) is 5.75 Å². The molecule has 0 bridgehead atoms. The molecule has 15 heavy (non-hydrogen) atoms. The first kappa shape index (κ1) is 10.3. The summed E-state index contributed by atoms with van der Waals surface area (Å²) in [7, 11) is 3.81. The van der Waals surface area contributed by atoms with Crippen molar-refractivity contribution in [2.75, 3.05) is 25.6 Å². The molecule has 0 amide bonds. The summed E-state index contributed by atoms with van der Waals surface area (Å²) in [6.45, 7) is 0.702. The maximum absolute atomic E-state index is 5.76. The van der Waals surface area contributed by atoms with Crippen molar-refractivity contribution in [1.82, 2.24) is 0 Å². The first-order valence-corrected chi connectivity index (χ1v) is 5.36. The molecule has 1 aliphatic rings. The zero-order valence-electron chi connectivity index (χ0n) is 9.36. The van der Waals surface area contributed by atoms with Crippen LogP contribution in [0.25, 0.3) is 0 Å². The molecule has 82 valence electrons. The van der Waals surface area contributed by atoms with Crippen molar-refractivity contribution < 1.29 is 4.74 Å². The Morgan fingerprint density at radius 2 is 2.33 bits per heavy atom. The van der Waals surface area contributed by atoms with Gasteiger partial charge in [-0.3, -0.25) is 0 Å². The van der Waals surface area contributed by atoms with E-state index < -0.39 is 0 Å². The lowest BCUT2D eigenvalue weighted by Crippen LogP contribution is -2.41.